The van der Waals surface area contributed by atoms with E-state index in [0.717, 1.165) is 44.3 Å². The van der Waals surface area contributed by atoms with Crippen LogP contribution < -0.4 is 4.90 Å². The van der Waals surface area contributed by atoms with Gasteiger partial charge in [0.25, 0.3) is 0 Å². The van der Waals surface area contributed by atoms with Crippen LogP contribution in [0.5, 0.6) is 0 Å². The Bertz CT molecular complexity index is 770. The molecule has 0 aromatic carbocycles. The third kappa shape index (κ3) is 3.71. The van der Waals surface area contributed by atoms with E-state index in [1.54, 1.807) is 6.33 Å². The van der Waals surface area contributed by atoms with E-state index in [1.165, 1.54) is 37.1 Å². The first-order valence-corrected chi connectivity index (χ1v) is 10.2. The number of likely N-dealkylation sites (tertiary alicyclic amines) is 1. The smallest absolute Gasteiger partial charge is 0.132 e. The van der Waals surface area contributed by atoms with Gasteiger partial charge in [-0.05, 0) is 38.7 Å². The van der Waals surface area contributed by atoms with Crippen molar-refractivity contribution in [3.8, 4) is 0 Å². The van der Waals surface area contributed by atoms with E-state index in [1.807, 2.05) is 6.92 Å². The molecule has 27 heavy (non-hydrogen) atoms. The second-order valence-corrected chi connectivity index (χ2v) is 8.07. The molecule has 0 N–H and O–H groups in total. The molecule has 144 valence electrons. The zero-order valence-corrected chi connectivity index (χ0v) is 16.0. The van der Waals surface area contributed by atoms with Crippen molar-refractivity contribution in [3.05, 3.63) is 35.5 Å². The Balaban J connectivity index is 1.22. The molecule has 1 aliphatic carbocycles. The lowest BCUT2D eigenvalue weighted by Gasteiger charge is -2.39. The normalized spacial score (nSPS) is 21.2. The molecule has 0 atom stereocenters. The van der Waals surface area contributed by atoms with Gasteiger partial charge in [-0.1, -0.05) is 0 Å². The minimum Gasteiger partial charge on any atom is -0.373 e. The summed E-state index contributed by atoms with van der Waals surface area (Å²) < 4.78 is 7.64. The van der Waals surface area contributed by atoms with Crippen LogP contribution in [0.25, 0.3) is 0 Å². The average molecular weight is 368 g/mol. The van der Waals surface area contributed by atoms with Gasteiger partial charge in [-0.3, -0.25) is 9.58 Å². The van der Waals surface area contributed by atoms with Crippen LogP contribution in [-0.4, -0.2) is 56.4 Å². The van der Waals surface area contributed by atoms with Gasteiger partial charge in [-0.2, -0.15) is 5.10 Å². The molecule has 7 heteroatoms. The van der Waals surface area contributed by atoms with Gasteiger partial charge in [0.05, 0.1) is 31.1 Å². The van der Waals surface area contributed by atoms with Gasteiger partial charge >= 0.3 is 0 Å². The van der Waals surface area contributed by atoms with Gasteiger partial charge < -0.3 is 9.64 Å². The van der Waals surface area contributed by atoms with Crippen LogP contribution in [0.1, 0.15) is 42.8 Å². The molecule has 0 radical (unpaired) electrons. The highest BCUT2D eigenvalue weighted by molar-refractivity contribution is 5.43. The SMILES string of the molecule is Cc1cc(N(C2CC2)C2CCN(Cc3cc4n(n3)CCOC4)CC2)ncn1. The van der Waals surface area contributed by atoms with E-state index in [4.69, 9.17) is 9.84 Å². The Hall–Kier alpha value is -1.99. The number of hydrogen-bond acceptors (Lipinski definition) is 6. The van der Waals surface area contributed by atoms with Crippen LogP contribution in [0, 0.1) is 6.92 Å². The quantitative estimate of drug-likeness (QED) is 0.806. The van der Waals surface area contributed by atoms with Crippen molar-refractivity contribution in [2.24, 2.45) is 0 Å². The van der Waals surface area contributed by atoms with Crippen LogP contribution in [0.15, 0.2) is 18.5 Å². The Labute approximate surface area is 160 Å². The van der Waals surface area contributed by atoms with Crippen LogP contribution in [0.3, 0.4) is 0 Å². The fraction of sp³-hybridized carbons (Fsp3) is 0.650. The topological polar surface area (TPSA) is 59.3 Å². The summed E-state index contributed by atoms with van der Waals surface area (Å²) in [5.74, 6) is 1.12. The first-order valence-electron chi connectivity index (χ1n) is 10.2. The van der Waals surface area contributed by atoms with E-state index in [0.29, 0.717) is 18.7 Å². The van der Waals surface area contributed by atoms with Gasteiger partial charge in [0, 0.05) is 43.5 Å². The lowest BCUT2D eigenvalue weighted by molar-refractivity contribution is 0.0799. The number of ether oxygens (including phenoxy) is 1. The first kappa shape index (κ1) is 17.1. The minimum absolute atomic E-state index is 0.589. The molecule has 2 aromatic heterocycles. The number of fused-ring (bicyclic) bond motifs is 1. The monoisotopic (exact) mass is 368 g/mol. The highest BCUT2D eigenvalue weighted by atomic mass is 16.5. The molecule has 0 bridgehead atoms. The predicted octanol–water partition coefficient (Wildman–Crippen LogP) is 2.15. The number of nitrogens with zero attached hydrogens (tertiary/aromatic N) is 6. The van der Waals surface area contributed by atoms with Crippen molar-refractivity contribution in [1.82, 2.24) is 24.6 Å². The molecule has 1 saturated heterocycles. The van der Waals surface area contributed by atoms with Crippen molar-refractivity contribution in [2.75, 3.05) is 24.6 Å². The van der Waals surface area contributed by atoms with E-state index >= 15 is 0 Å². The molecule has 0 spiro atoms. The maximum absolute atomic E-state index is 5.53. The fourth-order valence-electron chi connectivity index (χ4n) is 4.42. The van der Waals surface area contributed by atoms with E-state index in [9.17, 15) is 0 Å². The summed E-state index contributed by atoms with van der Waals surface area (Å²) in [5.41, 5.74) is 3.44. The van der Waals surface area contributed by atoms with Crippen LogP contribution in [0.4, 0.5) is 5.82 Å². The molecule has 2 fully saturated rings. The maximum atomic E-state index is 5.53. The fourth-order valence-corrected chi connectivity index (χ4v) is 4.42. The Morgan fingerprint density at radius 3 is 2.63 bits per heavy atom. The minimum atomic E-state index is 0.589. The summed E-state index contributed by atoms with van der Waals surface area (Å²) in [7, 11) is 0. The highest BCUT2D eigenvalue weighted by Gasteiger charge is 2.36. The third-order valence-electron chi connectivity index (χ3n) is 5.94. The van der Waals surface area contributed by atoms with Crippen molar-refractivity contribution in [3.63, 3.8) is 0 Å². The summed E-state index contributed by atoms with van der Waals surface area (Å²) in [4.78, 5) is 14.0. The molecular weight excluding hydrogens is 340 g/mol. The molecular formula is C20H28N6O. The molecule has 7 nitrogen and oxygen atoms in total. The molecule has 3 aliphatic rings. The molecule has 0 amide bonds. The summed E-state index contributed by atoms with van der Waals surface area (Å²) >= 11 is 0. The summed E-state index contributed by atoms with van der Waals surface area (Å²) in [5, 5.41) is 4.76. The summed E-state index contributed by atoms with van der Waals surface area (Å²) in [6.45, 7) is 7.60. The molecule has 5 rings (SSSR count). The molecule has 2 aromatic rings. The van der Waals surface area contributed by atoms with Crippen molar-refractivity contribution in [1.29, 1.82) is 0 Å². The lowest BCUT2D eigenvalue weighted by Crippen LogP contribution is -2.46. The second-order valence-electron chi connectivity index (χ2n) is 8.07. The van der Waals surface area contributed by atoms with Crippen LogP contribution in [-0.2, 0) is 24.4 Å². The predicted molar refractivity (Wildman–Crippen MR) is 102 cm³/mol. The second kappa shape index (κ2) is 7.20. The molecule has 1 saturated carbocycles. The number of rotatable bonds is 5. The van der Waals surface area contributed by atoms with E-state index < -0.39 is 0 Å². The maximum Gasteiger partial charge on any atom is 0.132 e. The summed E-state index contributed by atoms with van der Waals surface area (Å²) in [6.07, 6.45) is 6.68. The molecule has 4 heterocycles. The van der Waals surface area contributed by atoms with Gasteiger partial charge in [-0.25, -0.2) is 9.97 Å². The molecule has 2 aliphatic heterocycles. The average Bonchev–Trinajstić information content (AvgIpc) is 3.42. The number of aryl methyl sites for hydroxylation is 1. The van der Waals surface area contributed by atoms with Crippen LogP contribution in [0.2, 0.25) is 0 Å². The number of hydrogen-bond donors (Lipinski definition) is 0. The number of aromatic nitrogens is 4. The molecule has 0 unspecified atom stereocenters. The van der Waals surface area contributed by atoms with Crippen molar-refractivity contribution < 1.29 is 4.74 Å². The highest BCUT2D eigenvalue weighted by Crippen LogP contribution is 2.35. The van der Waals surface area contributed by atoms with E-state index in [2.05, 4.69) is 36.6 Å². The van der Waals surface area contributed by atoms with Crippen molar-refractivity contribution >= 4 is 5.82 Å². The third-order valence-corrected chi connectivity index (χ3v) is 5.94. The Morgan fingerprint density at radius 2 is 1.89 bits per heavy atom. The van der Waals surface area contributed by atoms with E-state index in [-0.39, 0.29) is 0 Å². The van der Waals surface area contributed by atoms with Gasteiger partial charge in [0.1, 0.15) is 12.1 Å². The standard InChI is InChI=1S/C20H28N6O/c1-15-10-20(22-14-21-15)26(17-2-3-17)18-4-6-24(7-5-18)12-16-11-19-13-27-9-8-25(19)23-16/h10-11,14,17-18H,2-9,12-13H2,1H3. The van der Waals surface area contributed by atoms with Gasteiger partial charge in [0.15, 0.2) is 0 Å². The summed E-state index contributed by atoms with van der Waals surface area (Å²) in [6, 6.07) is 5.62. The van der Waals surface area contributed by atoms with Crippen molar-refractivity contribution in [2.45, 2.75) is 64.4 Å². The Kier molecular flexibility index (Phi) is 4.57. The number of anilines is 1. The Morgan fingerprint density at radius 1 is 1.07 bits per heavy atom. The lowest BCUT2D eigenvalue weighted by atomic mass is 10.0. The first-order chi connectivity index (χ1) is 13.3. The van der Waals surface area contributed by atoms with Crippen LogP contribution >= 0.6 is 0 Å². The largest absolute Gasteiger partial charge is 0.373 e. The van der Waals surface area contributed by atoms with Gasteiger partial charge in [-0.15, -0.1) is 0 Å². The zero-order chi connectivity index (χ0) is 18.2. The zero-order valence-electron chi connectivity index (χ0n) is 16.0. The number of piperidine rings is 1. The van der Waals surface area contributed by atoms with Gasteiger partial charge in [0.2, 0.25) is 0 Å².